The number of fused-ring (bicyclic) bond motifs is 3. The van der Waals surface area contributed by atoms with Crippen molar-refractivity contribution >= 4 is 39.2 Å². The number of hydrogen-bond donors (Lipinski definition) is 2. The van der Waals surface area contributed by atoms with Crippen LogP contribution < -0.4 is 20.8 Å². The summed E-state index contributed by atoms with van der Waals surface area (Å²) >= 11 is 0. The van der Waals surface area contributed by atoms with Gasteiger partial charge < -0.3 is 29.6 Å². The molecule has 0 radical (unpaired) electrons. The van der Waals surface area contributed by atoms with Gasteiger partial charge >= 0.3 is 5.97 Å². The second-order valence-corrected chi connectivity index (χ2v) is 15.4. The largest absolute Gasteiger partial charge is 0.460 e. The molecular formula is C41H51FN4O5. The molecule has 1 aromatic heterocycles. The van der Waals surface area contributed by atoms with E-state index in [-0.39, 0.29) is 40.2 Å². The maximum atomic E-state index is 16.2. The van der Waals surface area contributed by atoms with Crippen molar-refractivity contribution in [2.45, 2.75) is 91.2 Å². The van der Waals surface area contributed by atoms with Crippen LogP contribution in [-0.2, 0) is 9.53 Å². The van der Waals surface area contributed by atoms with E-state index in [4.69, 9.17) is 9.47 Å². The van der Waals surface area contributed by atoms with E-state index in [2.05, 4.69) is 29.5 Å². The maximum Gasteiger partial charge on any atom is 0.306 e. The molecule has 3 aromatic carbocycles. The Morgan fingerprint density at radius 2 is 1.86 bits per heavy atom. The van der Waals surface area contributed by atoms with E-state index in [0.29, 0.717) is 42.5 Å². The number of nitrogens with one attached hydrogen (secondary N) is 2. The normalized spacial score (nSPS) is 16.8. The molecule has 2 aliphatic heterocycles. The molecule has 6 rings (SSSR count). The van der Waals surface area contributed by atoms with Gasteiger partial charge in [0, 0.05) is 31.7 Å². The van der Waals surface area contributed by atoms with Crippen LogP contribution in [0.5, 0.6) is 11.5 Å². The van der Waals surface area contributed by atoms with Crippen molar-refractivity contribution in [2.75, 3.05) is 32.0 Å². The molecule has 3 atom stereocenters. The number of pyridine rings is 1. The smallest absolute Gasteiger partial charge is 0.306 e. The summed E-state index contributed by atoms with van der Waals surface area (Å²) in [4.78, 5) is 42.1. The van der Waals surface area contributed by atoms with Gasteiger partial charge in [-0.25, -0.2) is 4.39 Å². The van der Waals surface area contributed by atoms with Crippen molar-refractivity contribution in [3.05, 3.63) is 70.3 Å². The highest BCUT2D eigenvalue weighted by Crippen LogP contribution is 2.46. The minimum atomic E-state index is -0.625. The molecule has 1 saturated heterocycles. The number of benzene rings is 3. The van der Waals surface area contributed by atoms with Crippen molar-refractivity contribution in [1.29, 1.82) is 0 Å². The second-order valence-electron chi connectivity index (χ2n) is 15.4. The minimum Gasteiger partial charge on any atom is -0.460 e. The lowest BCUT2D eigenvalue weighted by Crippen LogP contribution is -2.34. The summed E-state index contributed by atoms with van der Waals surface area (Å²) in [5.74, 6) is -0.242. The van der Waals surface area contributed by atoms with Crippen LogP contribution in [0.2, 0.25) is 0 Å². The van der Waals surface area contributed by atoms with Crippen LogP contribution in [-0.4, -0.2) is 59.7 Å². The molecule has 272 valence electrons. The van der Waals surface area contributed by atoms with Crippen LogP contribution in [0, 0.1) is 17.7 Å². The van der Waals surface area contributed by atoms with Crippen LogP contribution in [0.3, 0.4) is 0 Å². The van der Waals surface area contributed by atoms with Crippen molar-refractivity contribution in [2.24, 2.45) is 11.8 Å². The van der Waals surface area contributed by atoms with Crippen LogP contribution in [0.1, 0.15) is 89.9 Å². The Labute approximate surface area is 299 Å². The third kappa shape index (κ3) is 8.06. The van der Waals surface area contributed by atoms with Gasteiger partial charge in [0.25, 0.3) is 5.91 Å². The molecule has 51 heavy (non-hydrogen) atoms. The summed E-state index contributed by atoms with van der Waals surface area (Å²) in [7, 11) is 2.09. The molecule has 4 aromatic rings. The molecule has 2 aliphatic rings. The Kier molecular flexibility index (Phi) is 10.7. The number of nitrogens with zero attached hydrogens (tertiary/aromatic N) is 2. The van der Waals surface area contributed by atoms with Gasteiger partial charge in [0.2, 0.25) is 5.43 Å². The fraction of sp³-hybridized carbons (Fsp3) is 0.488. The molecule has 10 heteroatoms. The number of anilines is 1. The zero-order valence-corrected chi connectivity index (χ0v) is 30.7. The zero-order chi connectivity index (χ0) is 36.4. The number of ether oxygens (including phenoxy) is 2. The number of carbonyl (C=O) groups is 2. The Bertz CT molecular complexity index is 2000. The summed E-state index contributed by atoms with van der Waals surface area (Å²) in [5.41, 5.74) is 0.151. The minimum absolute atomic E-state index is 0.0408. The van der Waals surface area contributed by atoms with Crippen LogP contribution in [0.15, 0.2) is 53.5 Å². The zero-order valence-electron chi connectivity index (χ0n) is 30.7. The van der Waals surface area contributed by atoms with E-state index in [1.165, 1.54) is 6.07 Å². The first-order chi connectivity index (χ1) is 24.3. The summed E-state index contributed by atoms with van der Waals surface area (Å²) in [5, 5.41) is 8.27. The number of amides is 1. The second kappa shape index (κ2) is 15.0. The number of likely N-dealkylation sites (tertiary alicyclic amines) is 1. The van der Waals surface area contributed by atoms with Crippen molar-refractivity contribution in [3.63, 3.8) is 0 Å². The summed E-state index contributed by atoms with van der Waals surface area (Å²) in [6.45, 7) is 11.7. The van der Waals surface area contributed by atoms with Crippen LogP contribution in [0.4, 0.5) is 10.1 Å². The molecule has 1 amide bonds. The first-order valence-electron chi connectivity index (χ1n) is 18.4. The standard InChI is InChI=1S/C41H51FN4O5/c1-7-26(15-14-25(2)19-35(47)51-41(3,4)5)23-44-36-32(42)22-30-37-39(36)50-34-21-28-12-9-8-11-27(28)20-33(34)46(37)24-31(38(30)48)40(49)43-17-16-29-13-10-18-45(29)6/h8-9,11-12,20-22,24-26,29,44H,7,10,13-19,23H2,1-6H3,(H,43,49). The molecule has 0 aliphatic carbocycles. The van der Waals surface area contributed by atoms with Gasteiger partial charge in [0.05, 0.1) is 11.1 Å². The molecule has 0 bridgehead atoms. The van der Waals surface area contributed by atoms with E-state index >= 15 is 4.39 Å². The van der Waals surface area contributed by atoms with Gasteiger partial charge in [-0.2, -0.15) is 0 Å². The molecular weight excluding hydrogens is 647 g/mol. The van der Waals surface area contributed by atoms with Crippen molar-refractivity contribution < 1.29 is 23.5 Å². The number of carbonyl (C=O) groups excluding carboxylic acids is 2. The topological polar surface area (TPSA) is 102 Å². The highest BCUT2D eigenvalue weighted by atomic mass is 19.1. The lowest BCUT2D eigenvalue weighted by molar-refractivity contribution is -0.155. The summed E-state index contributed by atoms with van der Waals surface area (Å²) in [6.07, 6.45) is 7.46. The average molecular weight is 699 g/mol. The Morgan fingerprint density at radius 1 is 1.12 bits per heavy atom. The fourth-order valence-electron chi connectivity index (χ4n) is 7.41. The van der Waals surface area contributed by atoms with Gasteiger partial charge in [0.15, 0.2) is 17.3 Å². The van der Waals surface area contributed by atoms with E-state index in [1.807, 2.05) is 64.1 Å². The van der Waals surface area contributed by atoms with Crippen molar-refractivity contribution in [1.82, 2.24) is 14.8 Å². The highest BCUT2D eigenvalue weighted by molar-refractivity contribution is 6.02. The van der Waals surface area contributed by atoms with E-state index < -0.39 is 22.8 Å². The molecule has 1 fully saturated rings. The molecule has 3 heterocycles. The third-order valence-corrected chi connectivity index (χ3v) is 10.3. The quantitative estimate of drug-likeness (QED) is 0.120. The number of halogens is 1. The van der Waals surface area contributed by atoms with Crippen LogP contribution in [0.25, 0.3) is 27.4 Å². The Morgan fingerprint density at radius 3 is 2.55 bits per heavy atom. The van der Waals surface area contributed by atoms with Gasteiger partial charge in [-0.05, 0) is 107 Å². The number of hydrogen-bond acceptors (Lipinski definition) is 7. The third-order valence-electron chi connectivity index (χ3n) is 10.3. The monoisotopic (exact) mass is 698 g/mol. The fourth-order valence-corrected chi connectivity index (χ4v) is 7.41. The first-order valence-corrected chi connectivity index (χ1v) is 18.4. The summed E-state index contributed by atoms with van der Waals surface area (Å²) in [6, 6.07) is 13.4. The number of rotatable bonds is 13. The molecule has 3 unspecified atom stereocenters. The lowest BCUT2D eigenvalue weighted by atomic mass is 9.93. The number of esters is 1. The first kappa shape index (κ1) is 36.4. The Balaban J connectivity index is 1.29. The van der Waals surface area contributed by atoms with Crippen molar-refractivity contribution in [3.8, 4) is 17.2 Å². The predicted molar refractivity (Wildman–Crippen MR) is 201 cm³/mol. The molecule has 0 spiro atoms. The van der Waals surface area contributed by atoms with E-state index in [1.54, 1.807) is 10.8 Å². The van der Waals surface area contributed by atoms with Gasteiger partial charge in [-0.3, -0.25) is 14.4 Å². The average Bonchev–Trinajstić information content (AvgIpc) is 3.48. The number of aromatic nitrogens is 1. The van der Waals surface area contributed by atoms with Gasteiger partial charge in [-0.15, -0.1) is 0 Å². The summed E-state index contributed by atoms with van der Waals surface area (Å²) < 4.78 is 30.0. The van der Waals surface area contributed by atoms with Gasteiger partial charge in [-0.1, -0.05) is 44.5 Å². The molecule has 9 nitrogen and oxygen atoms in total. The SMILES string of the molecule is CCC(CCC(C)CC(=O)OC(C)(C)C)CNc1c(F)cc2c(=O)c(C(=O)NCCC3CCCN3C)cn3c2c1Oc1cc2ccccc2cc1-3. The predicted octanol–water partition coefficient (Wildman–Crippen LogP) is 8.19. The lowest BCUT2D eigenvalue weighted by Gasteiger charge is -2.27. The molecule has 0 saturated carbocycles. The van der Waals surface area contributed by atoms with E-state index in [0.717, 1.165) is 55.8 Å². The van der Waals surface area contributed by atoms with Crippen LogP contribution >= 0.6 is 0 Å². The van der Waals surface area contributed by atoms with Gasteiger partial charge in [0.1, 0.15) is 22.4 Å². The maximum absolute atomic E-state index is 16.2. The molecule has 2 N–H and O–H groups in total. The highest BCUT2D eigenvalue weighted by Gasteiger charge is 2.30. The Hall–Kier alpha value is -4.44. The van der Waals surface area contributed by atoms with E-state index in [9.17, 15) is 14.4 Å².